The molecule has 0 aliphatic heterocycles. The van der Waals surface area contributed by atoms with Gasteiger partial charge in [0.1, 0.15) is 24.2 Å². The van der Waals surface area contributed by atoms with Crippen LogP contribution in [0.5, 0.6) is 0 Å². The first-order valence-corrected chi connectivity index (χ1v) is 12.3. The molecule has 0 saturated heterocycles. The summed E-state index contributed by atoms with van der Waals surface area (Å²) in [6, 6.07) is 14.4. The molecule has 1 saturated carbocycles. The first kappa shape index (κ1) is 23.6. The second kappa shape index (κ2) is 9.85. The second-order valence-electron chi connectivity index (χ2n) is 9.18. The number of hydrogen-bond donors (Lipinski definition) is 2. The van der Waals surface area contributed by atoms with E-state index >= 15 is 0 Å². The van der Waals surface area contributed by atoms with Crippen LogP contribution in [0.4, 0.5) is 5.69 Å². The van der Waals surface area contributed by atoms with Gasteiger partial charge in [-0.2, -0.15) is 0 Å². The van der Waals surface area contributed by atoms with E-state index in [1.807, 2.05) is 19.1 Å². The summed E-state index contributed by atoms with van der Waals surface area (Å²) < 4.78 is 7.86. The zero-order valence-electron chi connectivity index (χ0n) is 20.1. The smallest absolute Gasteiger partial charge is 0.332 e. The quantitative estimate of drug-likeness (QED) is 0.415. The van der Waals surface area contributed by atoms with Gasteiger partial charge in [0.05, 0.1) is 0 Å². The van der Waals surface area contributed by atoms with Crippen molar-refractivity contribution >= 4 is 39.6 Å². The van der Waals surface area contributed by atoms with Crippen LogP contribution < -0.4 is 21.9 Å². The minimum Gasteiger partial charge on any atom is -0.449 e. The van der Waals surface area contributed by atoms with Gasteiger partial charge in [0, 0.05) is 17.1 Å². The summed E-state index contributed by atoms with van der Waals surface area (Å²) in [7, 11) is 0. The Morgan fingerprint density at radius 3 is 2.36 bits per heavy atom. The third-order valence-corrected chi connectivity index (χ3v) is 6.71. The number of hydrogen-bond acceptors (Lipinski definition) is 5. The van der Waals surface area contributed by atoms with Crippen LogP contribution >= 0.6 is 0 Å². The maximum atomic E-state index is 13.5. The van der Waals surface area contributed by atoms with Crippen molar-refractivity contribution in [3.8, 4) is 0 Å². The fourth-order valence-electron chi connectivity index (χ4n) is 4.84. The van der Waals surface area contributed by atoms with Gasteiger partial charge in [-0.1, -0.05) is 44.0 Å². The van der Waals surface area contributed by atoms with Gasteiger partial charge in [-0.15, -0.1) is 0 Å². The Hall–Kier alpha value is -4.14. The molecule has 2 aromatic carbocycles. The van der Waals surface area contributed by atoms with Gasteiger partial charge < -0.3 is 15.1 Å². The van der Waals surface area contributed by atoms with Crippen LogP contribution in [0.2, 0.25) is 0 Å². The average molecular weight is 489 g/mol. The summed E-state index contributed by atoms with van der Waals surface area (Å²) in [5.74, 6) is -0.850. The number of anilines is 1. The first-order chi connectivity index (χ1) is 17.4. The molecule has 2 amide bonds. The highest BCUT2D eigenvalue weighted by molar-refractivity contribution is 6.03. The molecule has 2 heterocycles. The minimum absolute atomic E-state index is 0.0511. The number of para-hydroxylation sites is 1. The van der Waals surface area contributed by atoms with E-state index in [4.69, 9.17) is 4.42 Å². The van der Waals surface area contributed by atoms with E-state index in [0.29, 0.717) is 16.7 Å². The average Bonchev–Trinajstić information content (AvgIpc) is 3.53. The highest BCUT2D eigenvalue weighted by atomic mass is 16.3. The van der Waals surface area contributed by atoms with Crippen LogP contribution in [0.3, 0.4) is 0 Å². The van der Waals surface area contributed by atoms with Crippen molar-refractivity contribution in [1.29, 1.82) is 0 Å². The standard InChI is InChI=1S/C27H28N4O5/c1-2-17-11-13-19(14-12-17)29-22(32)15-30-24-20-9-5-6-10-21(20)36-25(24)26(34)31(27(30)35)16-23(33)28-18-7-3-4-8-18/h5-6,9-14,18H,2-4,7-8,15-16H2,1H3,(H,28,33)(H,29,32). The molecule has 0 atom stereocenters. The molecular formula is C27H28N4O5. The lowest BCUT2D eigenvalue weighted by Gasteiger charge is -2.14. The van der Waals surface area contributed by atoms with Crippen molar-refractivity contribution in [3.63, 3.8) is 0 Å². The molecule has 0 spiro atoms. The van der Waals surface area contributed by atoms with E-state index in [9.17, 15) is 19.2 Å². The Kier molecular flexibility index (Phi) is 6.45. The molecule has 0 radical (unpaired) electrons. The molecule has 1 aliphatic rings. The molecule has 36 heavy (non-hydrogen) atoms. The SMILES string of the molecule is CCc1ccc(NC(=O)Cn2c(=O)n(CC(=O)NC3CCCC3)c(=O)c3oc4ccccc4c32)cc1. The molecule has 0 unspecified atom stereocenters. The lowest BCUT2D eigenvalue weighted by molar-refractivity contribution is -0.122. The molecule has 9 heteroatoms. The van der Waals surface area contributed by atoms with Crippen molar-refractivity contribution in [1.82, 2.24) is 14.5 Å². The molecule has 2 aromatic heterocycles. The molecule has 2 N–H and O–H groups in total. The monoisotopic (exact) mass is 488 g/mol. The minimum atomic E-state index is -0.739. The normalized spacial score (nSPS) is 13.9. The second-order valence-corrected chi connectivity index (χ2v) is 9.18. The molecule has 0 bridgehead atoms. The molecule has 9 nitrogen and oxygen atoms in total. The Morgan fingerprint density at radius 1 is 0.944 bits per heavy atom. The van der Waals surface area contributed by atoms with Crippen molar-refractivity contribution in [3.05, 3.63) is 74.9 Å². The topological polar surface area (TPSA) is 115 Å². The lowest BCUT2D eigenvalue weighted by atomic mass is 10.1. The van der Waals surface area contributed by atoms with Crippen LogP contribution in [-0.2, 0) is 29.1 Å². The summed E-state index contributed by atoms with van der Waals surface area (Å²) in [6.07, 6.45) is 4.72. The Bertz CT molecular complexity index is 1560. The van der Waals surface area contributed by atoms with Crippen LogP contribution in [0.25, 0.3) is 22.1 Å². The zero-order chi connectivity index (χ0) is 25.2. The number of fused-ring (bicyclic) bond motifs is 3. The largest absolute Gasteiger partial charge is 0.449 e. The van der Waals surface area contributed by atoms with Gasteiger partial charge in [0.25, 0.3) is 5.56 Å². The van der Waals surface area contributed by atoms with Crippen LogP contribution in [0.15, 0.2) is 62.5 Å². The Morgan fingerprint density at radius 2 is 1.64 bits per heavy atom. The van der Waals surface area contributed by atoms with Crippen LogP contribution in [0.1, 0.15) is 38.2 Å². The van der Waals surface area contributed by atoms with Crippen LogP contribution in [0, 0.1) is 0 Å². The van der Waals surface area contributed by atoms with E-state index in [2.05, 4.69) is 10.6 Å². The number of aryl methyl sites for hydroxylation is 1. The van der Waals surface area contributed by atoms with E-state index in [0.717, 1.165) is 42.2 Å². The van der Waals surface area contributed by atoms with Crippen molar-refractivity contribution in [2.75, 3.05) is 5.32 Å². The third kappa shape index (κ3) is 4.56. The Labute approximate surface area is 206 Å². The fraction of sp³-hybridized carbons (Fsp3) is 0.333. The van der Waals surface area contributed by atoms with E-state index in [1.165, 1.54) is 4.57 Å². The predicted molar refractivity (Wildman–Crippen MR) is 137 cm³/mol. The van der Waals surface area contributed by atoms with Gasteiger partial charge in [0.15, 0.2) is 0 Å². The summed E-state index contributed by atoms with van der Waals surface area (Å²) in [6.45, 7) is 1.25. The van der Waals surface area contributed by atoms with E-state index in [1.54, 1.807) is 36.4 Å². The summed E-state index contributed by atoms with van der Waals surface area (Å²) in [4.78, 5) is 52.4. The van der Waals surface area contributed by atoms with Gasteiger partial charge in [0.2, 0.25) is 17.4 Å². The number of aromatic nitrogens is 2. The Balaban J connectivity index is 1.53. The number of amides is 2. The van der Waals surface area contributed by atoms with Crippen LogP contribution in [-0.4, -0.2) is 27.0 Å². The maximum absolute atomic E-state index is 13.5. The molecule has 1 aliphatic carbocycles. The maximum Gasteiger partial charge on any atom is 0.332 e. The fourth-order valence-corrected chi connectivity index (χ4v) is 4.84. The number of benzene rings is 2. The zero-order valence-corrected chi connectivity index (χ0v) is 20.1. The molecular weight excluding hydrogens is 460 g/mol. The van der Waals surface area contributed by atoms with Crippen molar-refractivity contribution in [2.45, 2.75) is 58.2 Å². The number of carbonyl (C=O) groups is 2. The van der Waals surface area contributed by atoms with Crippen molar-refractivity contribution < 1.29 is 14.0 Å². The number of nitrogens with zero attached hydrogens (tertiary/aromatic N) is 2. The summed E-state index contributed by atoms with van der Waals surface area (Å²) in [5.41, 5.74) is 0.897. The van der Waals surface area contributed by atoms with E-state index < -0.39 is 29.6 Å². The van der Waals surface area contributed by atoms with Gasteiger partial charge in [-0.3, -0.25) is 19.0 Å². The number of nitrogens with one attached hydrogen (secondary N) is 2. The summed E-state index contributed by atoms with van der Waals surface area (Å²) >= 11 is 0. The highest BCUT2D eigenvalue weighted by Gasteiger charge is 2.24. The van der Waals surface area contributed by atoms with E-state index in [-0.39, 0.29) is 23.7 Å². The van der Waals surface area contributed by atoms with Crippen molar-refractivity contribution in [2.24, 2.45) is 0 Å². The first-order valence-electron chi connectivity index (χ1n) is 12.3. The molecule has 1 fully saturated rings. The molecule has 186 valence electrons. The molecule has 4 aromatic rings. The van der Waals surface area contributed by atoms with Gasteiger partial charge in [-0.25, -0.2) is 9.36 Å². The van der Waals surface area contributed by atoms with Gasteiger partial charge in [-0.05, 0) is 49.1 Å². The third-order valence-electron chi connectivity index (χ3n) is 6.71. The summed E-state index contributed by atoms with van der Waals surface area (Å²) in [5, 5.41) is 6.25. The highest BCUT2D eigenvalue weighted by Crippen LogP contribution is 2.25. The number of carbonyl (C=O) groups excluding carboxylic acids is 2. The number of rotatable bonds is 7. The predicted octanol–water partition coefficient (Wildman–Crippen LogP) is 3.17. The number of furan rings is 1. The molecule has 5 rings (SSSR count). The van der Waals surface area contributed by atoms with Gasteiger partial charge >= 0.3 is 5.69 Å². The lowest BCUT2D eigenvalue weighted by Crippen LogP contribution is -2.46.